The van der Waals surface area contributed by atoms with Crippen molar-refractivity contribution in [2.24, 2.45) is 5.92 Å². The molecule has 0 aromatic heterocycles. The molecular formula is C10H19NO4. The van der Waals surface area contributed by atoms with Crippen molar-refractivity contribution in [1.29, 1.82) is 0 Å². The lowest BCUT2D eigenvalue weighted by atomic mass is 10.1. The highest BCUT2D eigenvalue weighted by molar-refractivity contribution is 5.84. The molecule has 0 saturated heterocycles. The topological polar surface area (TPSA) is 64.6 Å². The number of carbonyl (C=O) groups excluding carboxylic acids is 2. The third kappa shape index (κ3) is 6.06. The molecule has 2 atom stereocenters. The van der Waals surface area contributed by atoms with Gasteiger partial charge in [-0.3, -0.25) is 4.79 Å². The summed E-state index contributed by atoms with van der Waals surface area (Å²) in [5, 5.41) is 2.55. The number of hydrogen-bond acceptors (Lipinski definition) is 4. The zero-order valence-electron chi connectivity index (χ0n) is 9.70. The standard InChI is InChI=1S/C10H19NO4/c1-7(6-14-3)5-9(12)11-8(2)10(13)15-4/h7-8H,5-6H2,1-4H3,(H,11,12). The molecule has 5 nitrogen and oxygen atoms in total. The summed E-state index contributed by atoms with van der Waals surface area (Å²) in [6, 6.07) is -0.600. The van der Waals surface area contributed by atoms with Crippen LogP contribution in [0.15, 0.2) is 0 Å². The van der Waals surface area contributed by atoms with E-state index in [-0.39, 0.29) is 11.8 Å². The van der Waals surface area contributed by atoms with Crippen LogP contribution in [0.2, 0.25) is 0 Å². The van der Waals surface area contributed by atoms with Gasteiger partial charge in [0.2, 0.25) is 5.91 Å². The first kappa shape index (κ1) is 13.9. The second-order valence-corrected chi connectivity index (χ2v) is 3.58. The van der Waals surface area contributed by atoms with Crippen LogP contribution in [0.5, 0.6) is 0 Å². The second kappa shape index (κ2) is 7.23. The second-order valence-electron chi connectivity index (χ2n) is 3.58. The summed E-state index contributed by atoms with van der Waals surface area (Å²) in [6.07, 6.45) is 0.342. The average molecular weight is 217 g/mol. The first-order valence-corrected chi connectivity index (χ1v) is 4.87. The van der Waals surface area contributed by atoms with Crippen molar-refractivity contribution in [1.82, 2.24) is 5.32 Å². The van der Waals surface area contributed by atoms with E-state index >= 15 is 0 Å². The fourth-order valence-electron chi connectivity index (χ4n) is 1.20. The van der Waals surface area contributed by atoms with Gasteiger partial charge in [-0.25, -0.2) is 4.79 Å². The Labute approximate surface area is 90.1 Å². The summed E-state index contributed by atoms with van der Waals surface area (Å²) in [6.45, 7) is 4.02. The number of rotatable bonds is 6. The van der Waals surface area contributed by atoms with Crippen molar-refractivity contribution in [2.75, 3.05) is 20.8 Å². The molecule has 0 bridgehead atoms. The van der Waals surface area contributed by atoms with Crippen LogP contribution in [0, 0.1) is 5.92 Å². The number of hydrogen-bond donors (Lipinski definition) is 1. The van der Waals surface area contributed by atoms with Crippen molar-refractivity contribution < 1.29 is 19.1 Å². The minimum Gasteiger partial charge on any atom is -0.467 e. The Morgan fingerprint density at radius 3 is 2.33 bits per heavy atom. The van der Waals surface area contributed by atoms with Crippen LogP contribution >= 0.6 is 0 Å². The summed E-state index contributed by atoms with van der Waals surface area (Å²) in [7, 11) is 2.88. The smallest absolute Gasteiger partial charge is 0.328 e. The molecule has 0 rings (SSSR count). The minimum atomic E-state index is -0.600. The molecule has 0 aliphatic heterocycles. The molecule has 1 amide bonds. The Hall–Kier alpha value is -1.10. The predicted molar refractivity (Wildman–Crippen MR) is 55.3 cm³/mol. The van der Waals surface area contributed by atoms with Crippen LogP contribution in [-0.4, -0.2) is 38.7 Å². The molecule has 2 unspecified atom stereocenters. The molecule has 0 heterocycles. The first-order chi connectivity index (χ1) is 7.01. The molecule has 1 N–H and O–H groups in total. The normalized spacial score (nSPS) is 14.1. The Balaban J connectivity index is 3.87. The molecule has 0 spiro atoms. The molecule has 88 valence electrons. The highest BCUT2D eigenvalue weighted by Gasteiger charge is 2.17. The molecule has 0 saturated carbocycles. The lowest BCUT2D eigenvalue weighted by Gasteiger charge is -2.14. The fraction of sp³-hybridized carbons (Fsp3) is 0.800. The van der Waals surface area contributed by atoms with Gasteiger partial charge in [0, 0.05) is 20.1 Å². The van der Waals surface area contributed by atoms with E-state index in [1.165, 1.54) is 7.11 Å². The molecular weight excluding hydrogens is 198 g/mol. The van der Waals surface area contributed by atoms with Crippen molar-refractivity contribution >= 4 is 11.9 Å². The first-order valence-electron chi connectivity index (χ1n) is 4.87. The lowest BCUT2D eigenvalue weighted by Crippen LogP contribution is -2.39. The quantitative estimate of drug-likeness (QED) is 0.651. The molecule has 0 aromatic rings. The predicted octanol–water partition coefficient (Wildman–Crippen LogP) is 0.337. The molecule has 0 fully saturated rings. The zero-order valence-corrected chi connectivity index (χ0v) is 9.70. The summed E-state index contributed by atoms with van der Waals surface area (Å²) in [5.74, 6) is -0.472. The number of ether oxygens (including phenoxy) is 2. The van der Waals surface area contributed by atoms with Crippen molar-refractivity contribution in [3.05, 3.63) is 0 Å². The van der Waals surface area contributed by atoms with E-state index < -0.39 is 12.0 Å². The van der Waals surface area contributed by atoms with Crippen LogP contribution in [0.25, 0.3) is 0 Å². The van der Waals surface area contributed by atoms with E-state index in [4.69, 9.17) is 4.74 Å². The number of esters is 1. The summed E-state index contributed by atoms with van der Waals surface area (Å²) in [5.41, 5.74) is 0. The van der Waals surface area contributed by atoms with Gasteiger partial charge >= 0.3 is 5.97 Å². The van der Waals surface area contributed by atoms with E-state index in [1.54, 1.807) is 14.0 Å². The van der Waals surface area contributed by atoms with E-state index in [9.17, 15) is 9.59 Å². The maximum absolute atomic E-state index is 11.4. The highest BCUT2D eigenvalue weighted by Crippen LogP contribution is 2.02. The van der Waals surface area contributed by atoms with Crippen LogP contribution < -0.4 is 5.32 Å². The van der Waals surface area contributed by atoms with Gasteiger partial charge in [-0.1, -0.05) is 6.92 Å². The largest absolute Gasteiger partial charge is 0.467 e. The van der Waals surface area contributed by atoms with Gasteiger partial charge in [0.05, 0.1) is 7.11 Å². The fourth-order valence-corrected chi connectivity index (χ4v) is 1.20. The molecule has 0 aromatic carbocycles. The third-order valence-electron chi connectivity index (χ3n) is 1.92. The Bertz CT molecular complexity index is 217. The minimum absolute atomic E-state index is 0.139. The number of amides is 1. The highest BCUT2D eigenvalue weighted by atomic mass is 16.5. The van der Waals surface area contributed by atoms with Crippen LogP contribution in [0.4, 0.5) is 0 Å². The molecule has 5 heteroatoms. The van der Waals surface area contributed by atoms with Gasteiger partial charge in [-0.2, -0.15) is 0 Å². The van der Waals surface area contributed by atoms with Gasteiger partial charge in [0.25, 0.3) is 0 Å². The summed E-state index contributed by atoms with van der Waals surface area (Å²) in [4.78, 5) is 22.4. The van der Waals surface area contributed by atoms with E-state index in [1.807, 2.05) is 6.92 Å². The molecule has 0 radical (unpaired) electrons. The van der Waals surface area contributed by atoms with Crippen molar-refractivity contribution in [3.63, 3.8) is 0 Å². The van der Waals surface area contributed by atoms with Crippen LogP contribution in [0.1, 0.15) is 20.3 Å². The van der Waals surface area contributed by atoms with Crippen LogP contribution in [-0.2, 0) is 19.1 Å². The van der Waals surface area contributed by atoms with Gasteiger partial charge < -0.3 is 14.8 Å². The average Bonchev–Trinajstić information content (AvgIpc) is 2.16. The van der Waals surface area contributed by atoms with Gasteiger partial charge in [0.1, 0.15) is 6.04 Å². The van der Waals surface area contributed by atoms with Gasteiger partial charge in [-0.05, 0) is 12.8 Å². The molecule has 15 heavy (non-hydrogen) atoms. The van der Waals surface area contributed by atoms with E-state index in [2.05, 4.69) is 10.1 Å². The number of carbonyl (C=O) groups is 2. The van der Waals surface area contributed by atoms with Gasteiger partial charge in [-0.15, -0.1) is 0 Å². The SMILES string of the molecule is COCC(C)CC(=O)NC(C)C(=O)OC. The van der Waals surface area contributed by atoms with E-state index in [0.29, 0.717) is 13.0 Å². The monoisotopic (exact) mass is 217 g/mol. The molecule has 0 aliphatic carbocycles. The van der Waals surface area contributed by atoms with Crippen molar-refractivity contribution in [3.8, 4) is 0 Å². The Morgan fingerprint density at radius 1 is 1.27 bits per heavy atom. The van der Waals surface area contributed by atoms with Crippen LogP contribution in [0.3, 0.4) is 0 Å². The van der Waals surface area contributed by atoms with Crippen molar-refractivity contribution in [2.45, 2.75) is 26.3 Å². The van der Waals surface area contributed by atoms with E-state index in [0.717, 1.165) is 0 Å². The van der Waals surface area contributed by atoms with Gasteiger partial charge in [0.15, 0.2) is 0 Å². The Kier molecular flexibility index (Phi) is 6.70. The zero-order chi connectivity index (χ0) is 11.8. The Morgan fingerprint density at radius 2 is 1.87 bits per heavy atom. The lowest BCUT2D eigenvalue weighted by molar-refractivity contribution is -0.144. The summed E-state index contributed by atoms with van der Waals surface area (Å²) >= 11 is 0. The molecule has 0 aliphatic rings. The third-order valence-corrected chi connectivity index (χ3v) is 1.92. The number of nitrogens with one attached hydrogen (secondary N) is 1. The summed E-state index contributed by atoms with van der Waals surface area (Å²) < 4.78 is 9.39. The maximum Gasteiger partial charge on any atom is 0.328 e. The maximum atomic E-state index is 11.4. The number of methoxy groups -OCH3 is 2.